The van der Waals surface area contributed by atoms with Crippen molar-refractivity contribution in [3.8, 4) is 5.75 Å². The number of hydrogen-bond donors (Lipinski definition) is 2. The van der Waals surface area contributed by atoms with E-state index in [9.17, 15) is 14.4 Å². The molecular formula is C23H26N2O5. The number of benzene rings is 2. The van der Waals surface area contributed by atoms with E-state index in [1.165, 1.54) is 6.08 Å². The first-order valence-corrected chi connectivity index (χ1v) is 9.55. The average molecular weight is 410 g/mol. The van der Waals surface area contributed by atoms with Crippen LogP contribution in [0.5, 0.6) is 5.75 Å². The van der Waals surface area contributed by atoms with Crippen LogP contribution >= 0.6 is 0 Å². The predicted octanol–water partition coefficient (Wildman–Crippen LogP) is 3.28. The molecule has 0 saturated heterocycles. The Balaban J connectivity index is 1.89. The maximum absolute atomic E-state index is 12.3. The van der Waals surface area contributed by atoms with Gasteiger partial charge in [0, 0.05) is 12.6 Å². The number of para-hydroxylation sites is 1. The maximum Gasteiger partial charge on any atom is 0.331 e. The van der Waals surface area contributed by atoms with Crippen LogP contribution in [0.4, 0.5) is 5.69 Å². The lowest BCUT2D eigenvalue weighted by Gasteiger charge is -2.12. The smallest absolute Gasteiger partial charge is 0.331 e. The largest absolute Gasteiger partial charge is 0.497 e. The first kappa shape index (κ1) is 22.7. The monoisotopic (exact) mass is 410 g/mol. The number of amides is 2. The summed E-state index contributed by atoms with van der Waals surface area (Å²) in [6.07, 6.45) is 2.80. The van der Waals surface area contributed by atoms with E-state index in [0.717, 1.165) is 5.56 Å². The van der Waals surface area contributed by atoms with Crippen LogP contribution in [-0.4, -0.2) is 38.0 Å². The summed E-state index contributed by atoms with van der Waals surface area (Å²) >= 11 is 0. The quantitative estimate of drug-likeness (QED) is 0.489. The summed E-state index contributed by atoms with van der Waals surface area (Å²) in [6, 6.07) is 13.8. The minimum absolute atomic E-state index is 0.280. The molecule has 2 rings (SSSR count). The summed E-state index contributed by atoms with van der Waals surface area (Å²) in [4.78, 5) is 36.3. The molecule has 0 bridgehead atoms. The van der Waals surface area contributed by atoms with Crippen molar-refractivity contribution in [1.82, 2.24) is 5.32 Å². The number of rotatable bonds is 9. The molecule has 0 aliphatic heterocycles. The number of esters is 1. The summed E-state index contributed by atoms with van der Waals surface area (Å²) in [6.45, 7) is 4.04. The Morgan fingerprint density at radius 3 is 2.57 bits per heavy atom. The molecule has 0 spiro atoms. The number of methoxy groups -OCH3 is 1. The van der Waals surface area contributed by atoms with Crippen LogP contribution in [0.3, 0.4) is 0 Å². The molecule has 2 aromatic rings. The van der Waals surface area contributed by atoms with Crippen LogP contribution in [0.1, 0.15) is 29.8 Å². The van der Waals surface area contributed by atoms with Crippen molar-refractivity contribution in [3.63, 3.8) is 0 Å². The Hall–Kier alpha value is -3.61. The van der Waals surface area contributed by atoms with Gasteiger partial charge < -0.3 is 20.1 Å². The SMILES string of the molecule is COc1cccc(/C=C/C(=O)OCC(=O)Nc2ccccc2C(=O)NCC(C)C)c1. The number of carbonyl (C=O) groups excluding carboxylic acids is 3. The van der Waals surface area contributed by atoms with Gasteiger partial charge in [0.05, 0.1) is 18.4 Å². The molecule has 0 aliphatic rings. The van der Waals surface area contributed by atoms with E-state index in [2.05, 4.69) is 10.6 Å². The minimum Gasteiger partial charge on any atom is -0.497 e. The highest BCUT2D eigenvalue weighted by Gasteiger charge is 2.14. The molecular weight excluding hydrogens is 384 g/mol. The third-order valence-electron chi connectivity index (χ3n) is 3.97. The Morgan fingerprint density at radius 1 is 1.07 bits per heavy atom. The molecule has 0 saturated carbocycles. The van der Waals surface area contributed by atoms with Crippen molar-refractivity contribution in [2.45, 2.75) is 13.8 Å². The van der Waals surface area contributed by atoms with E-state index < -0.39 is 18.5 Å². The van der Waals surface area contributed by atoms with E-state index in [1.54, 1.807) is 61.7 Å². The molecule has 30 heavy (non-hydrogen) atoms. The lowest BCUT2D eigenvalue weighted by molar-refractivity contribution is -0.142. The number of hydrogen-bond acceptors (Lipinski definition) is 5. The molecule has 0 unspecified atom stereocenters. The summed E-state index contributed by atoms with van der Waals surface area (Å²) in [5.41, 5.74) is 1.46. The molecule has 0 aliphatic carbocycles. The zero-order valence-electron chi connectivity index (χ0n) is 17.3. The van der Waals surface area contributed by atoms with Crippen LogP contribution in [0.25, 0.3) is 6.08 Å². The average Bonchev–Trinajstić information content (AvgIpc) is 2.75. The Labute approximate surface area is 176 Å². The first-order chi connectivity index (χ1) is 14.4. The Bertz CT molecular complexity index is 921. The molecule has 2 aromatic carbocycles. The van der Waals surface area contributed by atoms with Crippen molar-refractivity contribution in [2.24, 2.45) is 5.92 Å². The number of carbonyl (C=O) groups is 3. The standard InChI is InChI=1S/C23H26N2O5/c1-16(2)14-24-23(28)19-9-4-5-10-20(19)25-21(26)15-30-22(27)12-11-17-7-6-8-18(13-17)29-3/h4-13,16H,14-15H2,1-3H3,(H,24,28)(H,25,26)/b12-11+. The summed E-state index contributed by atoms with van der Waals surface area (Å²) in [7, 11) is 1.56. The van der Waals surface area contributed by atoms with E-state index in [-0.39, 0.29) is 5.91 Å². The molecule has 158 valence electrons. The Morgan fingerprint density at radius 2 is 1.83 bits per heavy atom. The summed E-state index contributed by atoms with van der Waals surface area (Å²) in [5, 5.41) is 5.41. The third kappa shape index (κ3) is 7.43. The van der Waals surface area contributed by atoms with Gasteiger partial charge in [-0.05, 0) is 41.8 Å². The van der Waals surface area contributed by atoms with E-state index in [0.29, 0.717) is 29.5 Å². The lowest BCUT2D eigenvalue weighted by Crippen LogP contribution is -2.29. The molecule has 0 heterocycles. The van der Waals surface area contributed by atoms with Crippen molar-refractivity contribution >= 4 is 29.5 Å². The van der Waals surface area contributed by atoms with Crippen molar-refractivity contribution < 1.29 is 23.9 Å². The van der Waals surface area contributed by atoms with Gasteiger partial charge >= 0.3 is 5.97 Å². The second-order valence-electron chi connectivity index (χ2n) is 6.92. The van der Waals surface area contributed by atoms with Gasteiger partial charge in [0.25, 0.3) is 11.8 Å². The molecule has 7 heteroatoms. The van der Waals surface area contributed by atoms with Gasteiger partial charge in [0.2, 0.25) is 0 Å². The molecule has 0 radical (unpaired) electrons. The maximum atomic E-state index is 12.3. The van der Waals surface area contributed by atoms with E-state index in [4.69, 9.17) is 9.47 Å². The van der Waals surface area contributed by atoms with Crippen molar-refractivity contribution in [2.75, 3.05) is 25.6 Å². The molecule has 0 aromatic heterocycles. The highest BCUT2D eigenvalue weighted by Crippen LogP contribution is 2.15. The Kier molecular flexibility index (Phi) is 8.62. The van der Waals surface area contributed by atoms with Gasteiger partial charge in [0.15, 0.2) is 6.61 Å². The fourth-order valence-corrected chi connectivity index (χ4v) is 2.46. The number of anilines is 1. The molecule has 0 atom stereocenters. The van der Waals surface area contributed by atoms with Gasteiger partial charge in [-0.3, -0.25) is 9.59 Å². The van der Waals surface area contributed by atoms with Crippen LogP contribution in [0.2, 0.25) is 0 Å². The molecule has 7 nitrogen and oxygen atoms in total. The predicted molar refractivity (Wildman–Crippen MR) is 115 cm³/mol. The van der Waals surface area contributed by atoms with Gasteiger partial charge in [-0.2, -0.15) is 0 Å². The molecule has 2 N–H and O–H groups in total. The molecule has 2 amide bonds. The van der Waals surface area contributed by atoms with Crippen molar-refractivity contribution in [1.29, 1.82) is 0 Å². The second-order valence-corrected chi connectivity index (χ2v) is 6.92. The van der Waals surface area contributed by atoms with E-state index in [1.807, 2.05) is 13.8 Å². The second kappa shape index (κ2) is 11.4. The summed E-state index contributed by atoms with van der Waals surface area (Å²) in [5.74, 6) is -0.503. The topological polar surface area (TPSA) is 93.7 Å². The van der Waals surface area contributed by atoms with Gasteiger partial charge in [0.1, 0.15) is 5.75 Å². The lowest BCUT2D eigenvalue weighted by atomic mass is 10.1. The number of nitrogens with one attached hydrogen (secondary N) is 2. The van der Waals surface area contributed by atoms with Crippen LogP contribution in [0, 0.1) is 5.92 Å². The van der Waals surface area contributed by atoms with Crippen LogP contribution < -0.4 is 15.4 Å². The zero-order valence-corrected chi connectivity index (χ0v) is 17.3. The normalized spacial score (nSPS) is 10.7. The highest BCUT2D eigenvalue weighted by molar-refractivity contribution is 6.04. The third-order valence-corrected chi connectivity index (χ3v) is 3.97. The van der Waals surface area contributed by atoms with Crippen molar-refractivity contribution in [3.05, 3.63) is 65.7 Å². The highest BCUT2D eigenvalue weighted by atomic mass is 16.5. The first-order valence-electron chi connectivity index (χ1n) is 9.55. The van der Waals surface area contributed by atoms with Gasteiger partial charge in [-0.1, -0.05) is 38.1 Å². The zero-order chi connectivity index (χ0) is 21.9. The number of ether oxygens (including phenoxy) is 2. The fourth-order valence-electron chi connectivity index (χ4n) is 2.46. The van der Waals surface area contributed by atoms with Crippen LogP contribution in [-0.2, 0) is 14.3 Å². The van der Waals surface area contributed by atoms with Gasteiger partial charge in [-0.25, -0.2) is 4.79 Å². The minimum atomic E-state index is -0.657. The molecule has 0 fully saturated rings. The van der Waals surface area contributed by atoms with E-state index >= 15 is 0 Å². The van der Waals surface area contributed by atoms with Gasteiger partial charge in [-0.15, -0.1) is 0 Å². The summed E-state index contributed by atoms with van der Waals surface area (Å²) < 4.78 is 10.1. The fraction of sp³-hybridized carbons (Fsp3) is 0.261. The van der Waals surface area contributed by atoms with Crippen LogP contribution in [0.15, 0.2) is 54.6 Å².